The molecule has 7 heteroatoms. The van der Waals surface area contributed by atoms with Crippen molar-refractivity contribution in [3.8, 4) is 0 Å². The van der Waals surface area contributed by atoms with Crippen molar-refractivity contribution in [3.05, 3.63) is 0 Å². The van der Waals surface area contributed by atoms with E-state index in [1.54, 1.807) is 4.90 Å². The maximum atomic E-state index is 12.1. The minimum absolute atomic E-state index is 0.0939. The number of aliphatic hydroxyl groups is 2. The van der Waals surface area contributed by atoms with Gasteiger partial charge in [-0.1, -0.05) is 0 Å². The van der Waals surface area contributed by atoms with Crippen LogP contribution in [0.5, 0.6) is 0 Å². The zero-order valence-electron chi connectivity index (χ0n) is 14.5. The van der Waals surface area contributed by atoms with E-state index >= 15 is 0 Å². The van der Waals surface area contributed by atoms with Gasteiger partial charge in [-0.2, -0.15) is 0 Å². The molecule has 2 rings (SSSR count). The number of piperidine rings is 1. The molecule has 0 radical (unpaired) electrons. The maximum absolute atomic E-state index is 12.1. The molecule has 0 spiro atoms. The summed E-state index contributed by atoms with van der Waals surface area (Å²) < 4.78 is 5.38. The van der Waals surface area contributed by atoms with Crippen LogP contribution in [0.25, 0.3) is 0 Å². The normalized spacial score (nSPS) is 22.1. The Kier molecular flexibility index (Phi) is 5.89. The van der Waals surface area contributed by atoms with E-state index < -0.39 is 11.2 Å². The number of ether oxygens (including phenoxy) is 1. The van der Waals surface area contributed by atoms with E-state index in [2.05, 4.69) is 10.2 Å². The first-order chi connectivity index (χ1) is 10.7. The fourth-order valence-electron chi connectivity index (χ4n) is 3.02. The van der Waals surface area contributed by atoms with Crippen molar-refractivity contribution < 1.29 is 19.7 Å². The lowest BCUT2D eigenvalue weighted by Gasteiger charge is -2.45. The van der Waals surface area contributed by atoms with Crippen molar-refractivity contribution in [1.82, 2.24) is 15.1 Å². The predicted molar refractivity (Wildman–Crippen MR) is 87.3 cm³/mol. The van der Waals surface area contributed by atoms with Crippen LogP contribution < -0.4 is 5.32 Å². The highest BCUT2D eigenvalue weighted by Gasteiger charge is 2.38. The SMILES string of the molecule is CC(C)(C)OC(=O)N1CCC(O)(CN(CCO)C2CNC2)CC1. The van der Waals surface area contributed by atoms with Crippen molar-refractivity contribution in [2.24, 2.45) is 0 Å². The largest absolute Gasteiger partial charge is 0.444 e. The lowest BCUT2D eigenvalue weighted by Crippen LogP contribution is -2.62. The van der Waals surface area contributed by atoms with E-state index in [9.17, 15) is 15.0 Å². The molecule has 0 aromatic rings. The lowest BCUT2D eigenvalue weighted by molar-refractivity contribution is -0.0621. The van der Waals surface area contributed by atoms with Gasteiger partial charge in [-0.05, 0) is 33.6 Å². The fraction of sp³-hybridized carbons (Fsp3) is 0.938. The minimum atomic E-state index is -0.802. The van der Waals surface area contributed by atoms with E-state index in [0.717, 1.165) is 13.1 Å². The monoisotopic (exact) mass is 329 g/mol. The summed E-state index contributed by atoms with van der Waals surface area (Å²) in [6.45, 7) is 9.58. The third-order valence-corrected chi connectivity index (χ3v) is 4.51. The molecule has 23 heavy (non-hydrogen) atoms. The summed E-state index contributed by atoms with van der Waals surface area (Å²) in [4.78, 5) is 15.9. The molecule has 3 N–H and O–H groups in total. The van der Waals surface area contributed by atoms with Crippen LogP contribution in [0.3, 0.4) is 0 Å². The van der Waals surface area contributed by atoms with Crippen LogP contribution >= 0.6 is 0 Å². The van der Waals surface area contributed by atoms with Gasteiger partial charge in [0.2, 0.25) is 0 Å². The first kappa shape index (κ1) is 18.4. The molecule has 2 fully saturated rings. The van der Waals surface area contributed by atoms with Gasteiger partial charge in [-0.15, -0.1) is 0 Å². The molecule has 2 saturated heterocycles. The molecule has 0 saturated carbocycles. The van der Waals surface area contributed by atoms with Crippen LogP contribution in [0.2, 0.25) is 0 Å². The molecule has 2 aliphatic heterocycles. The molecule has 134 valence electrons. The Labute approximate surface area is 138 Å². The minimum Gasteiger partial charge on any atom is -0.444 e. The van der Waals surface area contributed by atoms with E-state index in [4.69, 9.17) is 4.74 Å². The van der Waals surface area contributed by atoms with Crippen molar-refractivity contribution in [1.29, 1.82) is 0 Å². The summed E-state index contributed by atoms with van der Waals surface area (Å²) in [6, 6.07) is 0.384. The summed E-state index contributed by atoms with van der Waals surface area (Å²) >= 11 is 0. The Balaban J connectivity index is 1.84. The van der Waals surface area contributed by atoms with Crippen LogP contribution in [0, 0.1) is 0 Å². The number of likely N-dealkylation sites (tertiary alicyclic amines) is 1. The molecular weight excluding hydrogens is 298 g/mol. The maximum Gasteiger partial charge on any atom is 0.410 e. The number of hydrogen-bond acceptors (Lipinski definition) is 6. The Morgan fingerprint density at radius 2 is 1.96 bits per heavy atom. The molecule has 2 aliphatic rings. The van der Waals surface area contributed by atoms with Gasteiger partial charge in [-0.25, -0.2) is 4.79 Å². The second kappa shape index (κ2) is 7.34. The van der Waals surface area contributed by atoms with E-state index in [-0.39, 0.29) is 12.7 Å². The predicted octanol–water partition coefficient (Wildman–Crippen LogP) is 0.0145. The van der Waals surface area contributed by atoms with Gasteiger partial charge in [0.25, 0.3) is 0 Å². The Morgan fingerprint density at radius 3 is 2.39 bits per heavy atom. The Bertz CT molecular complexity index is 399. The lowest BCUT2D eigenvalue weighted by atomic mass is 9.90. The highest BCUT2D eigenvalue weighted by atomic mass is 16.6. The van der Waals surface area contributed by atoms with E-state index in [1.807, 2.05) is 20.8 Å². The van der Waals surface area contributed by atoms with E-state index in [1.165, 1.54) is 0 Å². The smallest absolute Gasteiger partial charge is 0.410 e. The summed E-state index contributed by atoms with van der Waals surface area (Å²) in [5, 5.41) is 23.3. The van der Waals surface area contributed by atoms with Crippen LogP contribution in [-0.4, -0.2) is 89.2 Å². The number of carbonyl (C=O) groups is 1. The topological polar surface area (TPSA) is 85.3 Å². The number of rotatable bonds is 5. The van der Waals surface area contributed by atoms with Gasteiger partial charge >= 0.3 is 6.09 Å². The molecule has 0 aromatic heterocycles. The van der Waals surface area contributed by atoms with Crippen LogP contribution in [0.4, 0.5) is 4.79 Å². The first-order valence-electron chi connectivity index (χ1n) is 8.48. The van der Waals surface area contributed by atoms with Gasteiger partial charge in [0.15, 0.2) is 0 Å². The van der Waals surface area contributed by atoms with Crippen LogP contribution in [0.15, 0.2) is 0 Å². The van der Waals surface area contributed by atoms with Crippen molar-refractivity contribution in [2.45, 2.75) is 50.9 Å². The Hall–Kier alpha value is -0.890. The molecule has 0 bridgehead atoms. The summed E-state index contributed by atoms with van der Waals surface area (Å²) in [5.74, 6) is 0. The van der Waals surface area contributed by atoms with Crippen LogP contribution in [-0.2, 0) is 4.74 Å². The van der Waals surface area contributed by atoms with Gasteiger partial charge in [-0.3, -0.25) is 4.90 Å². The number of aliphatic hydroxyl groups excluding tert-OH is 1. The number of nitrogens with one attached hydrogen (secondary N) is 1. The second-order valence-corrected chi connectivity index (χ2v) is 7.70. The molecule has 2 heterocycles. The fourth-order valence-corrected chi connectivity index (χ4v) is 3.02. The van der Waals surface area contributed by atoms with Crippen molar-refractivity contribution in [3.63, 3.8) is 0 Å². The second-order valence-electron chi connectivity index (χ2n) is 7.70. The van der Waals surface area contributed by atoms with Crippen molar-refractivity contribution in [2.75, 3.05) is 45.9 Å². The third-order valence-electron chi connectivity index (χ3n) is 4.51. The van der Waals surface area contributed by atoms with Crippen LogP contribution in [0.1, 0.15) is 33.6 Å². The molecule has 7 nitrogen and oxygen atoms in total. The molecular formula is C16H31N3O4. The van der Waals surface area contributed by atoms with Gasteiger partial charge in [0.1, 0.15) is 5.60 Å². The zero-order valence-corrected chi connectivity index (χ0v) is 14.5. The van der Waals surface area contributed by atoms with E-state index in [0.29, 0.717) is 45.1 Å². The first-order valence-corrected chi connectivity index (χ1v) is 8.48. The summed E-state index contributed by atoms with van der Waals surface area (Å²) in [5.41, 5.74) is -1.30. The standard InChI is InChI=1S/C16H31N3O4/c1-15(2,3)23-14(21)18-6-4-16(22,5-7-18)12-19(8-9-20)13-10-17-11-13/h13,17,20,22H,4-12H2,1-3H3. The van der Waals surface area contributed by atoms with Crippen molar-refractivity contribution >= 4 is 6.09 Å². The quantitative estimate of drug-likeness (QED) is 0.659. The number of hydrogen-bond donors (Lipinski definition) is 3. The molecule has 0 unspecified atom stereocenters. The highest BCUT2D eigenvalue weighted by molar-refractivity contribution is 5.68. The molecule has 1 amide bonds. The molecule has 0 aliphatic carbocycles. The summed E-state index contributed by atoms with van der Waals surface area (Å²) in [6.07, 6.45) is 0.762. The third kappa shape index (κ3) is 5.31. The summed E-state index contributed by atoms with van der Waals surface area (Å²) in [7, 11) is 0. The number of amides is 1. The highest BCUT2D eigenvalue weighted by Crippen LogP contribution is 2.25. The van der Waals surface area contributed by atoms with Gasteiger partial charge in [0, 0.05) is 45.3 Å². The molecule has 0 atom stereocenters. The molecule has 0 aromatic carbocycles. The van der Waals surface area contributed by atoms with Gasteiger partial charge in [0.05, 0.1) is 12.2 Å². The average Bonchev–Trinajstić information content (AvgIpc) is 2.35. The number of nitrogens with zero attached hydrogens (tertiary/aromatic N) is 2. The average molecular weight is 329 g/mol. The zero-order chi connectivity index (χ0) is 17.1. The Morgan fingerprint density at radius 1 is 1.35 bits per heavy atom. The van der Waals surface area contributed by atoms with Gasteiger partial charge < -0.3 is 25.2 Å². The number of carbonyl (C=O) groups excluding carboxylic acids is 1.